The highest BCUT2D eigenvalue weighted by atomic mass is 19.4. The van der Waals surface area contributed by atoms with Crippen LogP contribution in [-0.4, -0.2) is 67.4 Å². The van der Waals surface area contributed by atoms with E-state index in [-0.39, 0.29) is 12.4 Å². The van der Waals surface area contributed by atoms with Gasteiger partial charge in [0, 0.05) is 39.3 Å². The van der Waals surface area contributed by atoms with Gasteiger partial charge in [-0.1, -0.05) is 6.07 Å². The fraction of sp³-hybridized carbons (Fsp3) is 0.625. The summed E-state index contributed by atoms with van der Waals surface area (Å²) in [7, 11) is 0. The van der Waals surface area contributed by atoms with Gasteiger partial charge in [0.2, 0.25) is 0 Å². The molecule has 1 N–H and O–H groups in total. The molecule has 0 aromatic heterocycles. The fourth-order valence-electron chi connectivity index (χ4n) is 2.62. The number of rotatable bonds is 7. The molecule has 2 rings (SSSR count). The average molecular weight is 332 g/mol. The van der Waals surface area contributed by atoms with Gasteiger partial charge in [0.05, 0.1) is 18.8 Å². The minimum absolute atomic E-state index is 0.185. The van der Waals surface area contributed by atoms with Crippen molar-refractivity contribution in [2.45, 2.75) is 12.6 Å². The smallest absolute Gasteiger partial charge is 0.416 e. The molecule has 7 heteroatoms. The lowest BCUT2D eigenvalue weighted by Gasteiger charge is -2.34. The Hall–Kier alpha value is -1.31. The van der Waals surface area contributed by atoms with Crippen molar-refractivity contribution in [1.82, 2.24) is 9.80 Å². The Balaban J connectivity index is 1.66. The van der Waals surface area contributed by atoms with Crippen LogP contribution in [-0.2, 0) is 6.18 Å². The van der Waals surface area contributed by atoms with E-state index in [0.717, 1.165) is 51.3 Å². The van der Waals surface area contributed by atoms with Gasteiger partial charge in [-0.2, -0.15) is 13.2 Å². The first-order chi connectivity index (χ1) is 11.0. The van der Waals surface area contributed by atoms with Crippen molar-refractivity contribution in [1.29, 1.82) is 0 Å². The van der Waals surface area contributed by atoms with E-state index in [1.54, 1.807) is 6.07 Å². The molecule has 0 atom stereocenters. The molecule has 1 aliphatic heterocycles. The number of aliphatic hydroxyl groups is 1. The summed E-state index contributed by atoms with van der Waals surface area (Å²) >= 11 is 0. The van der Waals surface area contributed by atoms with Crippen molar-refractivity contribution in [2.24, 2.45) is 0 Å². The number of halogens is 3. The lowest BCUT2D eigenvalue weighted by Crippen LogP contribution is -2.47. The van der Waals surface area contributed by atoms with Gasteiger partial charge in [0.1, 0.15) is 5.75 Å². The number of benzene rings is 1. The van der Waals surface area contributed by atoms with Gasteiger partial charge in [-0.15, -0.1) is 0 Å². The molecular formula is C16H23F3N2O2. The highest BCUT2D eigenvalue weighted by Crippen LogP contribution is 2.31. The Morgan fingerprint density at radius 1 is 1.04 bits per heavy atom. The molecule has 0 aliphatic carbocycles. The highest BCUT2D eigenvalue weighted by Gasteiger charge is 2.30. The van der Waals surface area contributed by atoms with E-state index >= 15 is 0 Å². The van der Waals surface area contributed by atoms with Gasteiger partial charge in [-0.25, -0.2) is 0 Å². The zero-order valence-corrected chi connectivity index (χ0v) is 13.1. The maximum absolute atomic E-state index is 12.6. The largest absolute Gasteiger partial charge is 0.494 e. The van der Waals surface area contributed by atoms with Crippen LogP contribution in [0.15, 0.2) is 24.3 Å². The Kier molecular flexibility index (Phi) is 6.68. The average Bonchev–Trinajstić information content (AvgIpc) is 2.53. The van der Waals surface area contributed by atoms with E-state index in [0.29, 0.717) is 13.2 Å². The van der Waals surface area contributed by atoms with Crippen LogP contribution in [0.5, 0.6) is 5.75 Å². The van der Waals surface area contributed by atoms with Gasteiger partial charge in [-0.05, 0) is 24.6 Å². The molecule has 1 saturated heterocycles. The number of hydrogen-bond acceptors (Lipinski definition) is 4. The number of alkyl halides is 3. The second-order valence-corrected chi connectivity index (χ2v) is 5.63. The number of piperazine rings is 1. The number of hydrogen-bond donors (Lipinski definition) is 1. The van der Waals surface area contributed by atoms with Crippen molar-refractivity contribution in [2.75, 3.05) is 52.5 Å². The zero-order chi connectivity index (χ0) is 16.7. The van der Waals surface area contributed by atoms with E-state index in [1.165, 1.54) is 6.07 Å². The van der Waals surface area contributed by atoms with Gasteiger partial charge in [0.15, 0.2) is 0 Å². The van der Waals surface area contributed by atoms with Crippen LogP contribution in [0.1, 0.15) is 12.0 Å². The summed E-state index contributed by atoms with van der Waals surface area (Å²) in [6, 6.07) is 4.98. The lowest BCUT2D eigenvalue weighted by atomic mass is 10.2. The second-order valence-electron chi connectivity index (χ2n) is 5.63. The summed E-state index contributed by atoms with van der Waals surface area (Å²) in [5.41, 5.74) is -0.685. The Morgan fingerprint density at radius 3 is 2.30 bits per heavy atom. The minimum atomic E-state index is -4.34. The van der Waals surface area contributed by atoms with Gasteiger partial charge >= 0.3 is 6.18 Å². The van der Waals surface area contributed by atoms with Crippen LogP contribution in [0, 0.1) is 0 Å². The maximum atomic E-state index is 12.6. The molecule has 1 fully saturated rings. The van der Waals surface area contributed by atoms with Crippen molar-refractivity contribution in [3.05, 3.63) is 29.8 Å². The summed E-state index contributed by atoms with van der Waals surface area (Å²) in [6.45, 7) is 5.94. The molecule has 1 aromatic rings. The summed E-state index contributed by atoms with van der Waals surface area (Å²) in [6.07, 6.45) is -3.57. The predicted molar refractivity (Wildman–Crippen MR) is 81.5 cm³/mol. The molecule has 1 aromatic carbocycles. The zero-order valence-electron chi connectivity index (χ0n) is 13.1. The molecule has 0 saturated carbocycles. The second kappa shape index (κ2) is 8.52. The van der Waals surface area contributed by atoms with E-state index in [4.69, 9.17) is 9.84 Å². The van der Waals surface area contributed by atoms with Crippen molar-refractivity contribution < 1.29 is 23.0 Å². The first-order valence-corrected chi connectivity index (χ1v) is 7.84. The van der Waals surface area contributed by atoms with Crippen molar-refractivity contribution in [3.63, 3.8) is 0 Å². The van der Waals surface area contributed by atoms with Crippen molar-refractivity contribution >= 4 is 0 Å². The van der Waals surface area contributed by atoms with Crippen LogP contribution in [0.25, 0.3) is 0 Å². The Morgan fingerprint density at radius 2 is 1.70 bits per heavy atom. The molecule has 0 amide bonds. The predicted octanol–water partition coefficient (Wildman–Crippen LogP) is 2.08. The maximum Gasteiger partial charge on any atom is 0.416 e. The molecule has 1 aliphatic rings. The third-order valence-electron chi connectivity index (χ3n) is 3.93. The van der Waals surface area contributed by atoms with E-state index in [9.17, 15) is 13.2 Å². The van der Waals surface area contributed by atoms with E-state index in [2.05, 4.69) is 9.80 Å². The summed E-state index contributed by atoms with van der Waals surface area (Å²) in [4.78, 5) is 4.53. The number of ether oxygens (including phenoxy) is 1. The van der Waals surface area contributed by atoms with E-state index < -0.39 is 11.7 Å². The highest BCUT2D eigenvalue weighted by molar-refractivity contribution is 5.30. The van der Waals surface area contributed by atoms with Crippen LogP contribution in [0.2, 0.25) is 0 Å². The normalized spacial score (nSPS) is 17.4. The molecule has 0 radical (unpaired) electrons. The van der Waals surface area contributed by atoms with Crippen LogP contribution in [0.4, 0.5) is 13.2 Å². The third-order valence-corrected chi connectivity index (χ3v) is 3.93. The molecule has 4 nitrogen and oxygen atoms in total. The SMILES string of the molecule is OCCN1CCN(CCCOc2cccc(C(F)(F)F)c2)CC1. The Labute approximate surface area is 134 Å². The number of nitrogens with zero attached hydrogens (tertiary/aromatic N) is 2. The topological polar surface area (TPSA) is 35.9 Å². The van der Waals surface area contributed by atoms with Crippen LogP contribution >= 0.6 is 0 Å². The summed E-state index contributed by atoms with van der Waals surface area (Å²) in [5.74, 6) is 0.257. The number of β-amino-alcohol motifs (C(OH)–C–C–N with tert-alkyl or cyclic N) is 1. The quantitative estimate of drug-likeness (QED) is 0.776. The van der Waals surface area contributed by atoms with Crippen molar-refractivity contribution in [3.8, 4) is 5.75 Å². The molecule has 130 valence electrons. The summed E-state index contributed by atoms with van der Waals surface area (Å²) in [5, 5.41) is 8.89. The van der Waals surface area contributed by atoms with Crippen LogP contribution < -0.4 is 4.74 Å². The van der Waals surface area contributed by atoms with Gasteiger partial charge in [0.25, 0.3) is 0 Å². The first-order valence-electron chi connectivity index (χ1n) is 7.84. The fourth-order valence-corrected chi connectivity index (χ4v) is 2.62. The molecule has 0 unspecified atom stereocenters. The molecule has 1 heterocycles. The summed E-state index contributed by atoms with van der Waals surface area (Å²) < 4.78 is 43.2. The molecule has 0 bridgehead atoms. The number of aliphatic hydroxyl groups excluding tert-OH is 1. The molecular weight excluding hydrogens is 309 g/mol. The lowest BCUT2D eigenvalue weighted by molar-refractivity contribution is -0.137. The van der Waals surface area contributed by atoms with Crippen LogP contribution in [0.3, 0.4) is 0 Å². The minimum Gasteiger partial charge on any atom is -0.494 e. The third kappa shape index (κ3) is 6.01. The monoisotopic (exact) mass is 332 g/mol. The van der Waals surface area contributed by atoms with E-state index in [1.807, 2.05) is 0 Å². The Bertz CT molecular complexity index is 475. The van der Waals surface area contributed by atoms with Gasteiger partial charge < -0.3 is 14.7 Å². The van der Waals surface area contributed by atoms with Gasteiger partial charge in [-0.3, -0.25) is 4.90 Å². The molecule has 0 spiro atoms. The first kappa shape index (κ1) is 18.0. The standard InChI is InChI=1S/C16H23F3N2O2/c17-16(18,19)14-3-1-4-15(13-14)23-12-2-5-20-6-8-21(9-7-20)10-11-22/h1,3-4,13,22H,2,5-12H2. The molecule has 23 heavy (non-hydrogen) atoms.